The van der Waals surface area contributed by atoms with Gasteiger partial charge < -0.3 is 10.1 Å². The molecule has 1 aliphatic heterocycles. The molecule has 1 saturated heterocycles. The van der Waals surface area contributed by atoms with Crippen molar-refractivity contribution in [1.29, 1.82) is 0 Å². The smallest absolute Gasteiger partial charge is 0.266 e. The zero-order chi connectivity index (χ0) is 23.2. The van der Waals surface area contributed by atoms with Crippen molar-refractivity contribution in [2.45, 2.75) is 6.42 Å². The van der Waals surface area contributed by atoms with Crippen molar-refractivity contribution in [2.24, 2.45) is 0 Å². The Kier molecular flexibility index (Phi) is 7.16. The van der Waals surface area contributed by atoms with Crippen molar-refractivity contribution in [1.82, 2.24) is 4.90 Å². The maximum absolute atomic E-state index is 13.1. The first-order chi connectivity index (χ1) is 16.0. The molecule has 0 bridgehead atoms. The van der Waals surface area contributed by atoms with Gasteiger partial charge in [-0.15, -0.1) is 0 Å². The molecule has 2 amide bonds. The van der Waals surface area contributed by atoms with Crippen LogP contribution in [0.4, 0.5) is 10.1 Å². The van der Waals surface area contributed by atoms with Crippen molar-refractivity contribution < 1.29 is 18.7 Å². The van der Waals surface area contributed by atoms with Crippen molar-refractivity contribution in [3.63, 3.8) is 0 Å². The summed E-state index contributed by atoms with van der Waals surface area (Å²) in [5, 5.41) is 2.84. The SMILES string of the molecule is O=C(CCN1C(=O)/C(=C\c2ccc(F)cc2)SC1=S)Nc1ccccc1Oc1ccccc1. The topological polar surface area (TPSA) is 58.6 Å². The summed E-state index contributed by atoms with van der Waals surface area (Å²) in [5.41, 5.74) is 1.23. The van der Waals surface area contributed by atoms with E-state index in [1.54, 1.807) is 36.4 Å². The number of amides is 2. The second-order valence-electron chi connectivity index (χ2n) is 7.09. The summed E-state index contributed by atoms with van der Waals surface area (Å²) >= 11 is 6.49. The van der Waals surface area contributed by atoms with Gasteiger partial charge in [-0.1, -0.05) is 66.4 Å². The lowest BCUT2D eigenvalue weighted by molar-refractivity contribution is -0.122. The molecule has 5 nitrogen and oxygen atoms in total. The first-order valence-electron chi connectivity index (χ1n) is 10.1. The predicted octanol–water partition coefficient (Wildman–Crippen LogP) is 5.85. The quantitative estimate of drug-likeness (QED) is 0.341. The molecule has 4 rings (SSSR count). The number of hydrogen-bond donors (Lipinski definition) is 1. The van der Waals surface area contributed by atoms with E-state index >= 15 is 0 Å². The Bertz CT molecular complexity index is 1210. The summed E-state index contributed by atoms with van der Waals surface area (Å²) in [5.74, 6) is 0.293. The number of anilines is 1. The number of nitrogens with one attached hydrogen (secondary N) is 1. The predicted molar refractivity (Wildman–Crippen MR) is 132 cm³/mol. The molecule has 0 atom stereocenters. The van der Waals surface area contributed by atoms with Gasteiger partial charge in [-0.2, -0.15) is 0 Å². The van der Waals surface area contributed by atoms with Gasteiger partial charge in [0.05, 0.1) is 10.6 Å². The molecule has 1 heterocycles. The number of para-hydroxylation sites is 3. The first-order valence-corrected chi connectivity index (χ1v) is 11.3. The number of nitrogens with zero attached hydrogens (tertiary/aromatic N) is 1. The van der Waals surface area contributed by atoms with Crippen LogP contribution in [-0.2, 0) is 9.59 Å². The Labute approximate surface area is 200 Å². The van der Waals surface area contributed by atoms with E-state index in [9.17, 15) is 14.0 Å². The minimum Gasteiger partial charge on any atom is -0.455 e. The van der Waals surface area contributed by atoms with Crippen molar-refractivity contribution in [3.8, 4) is 11.5 Å². The van der Waals surface area contributed by atoms with Crippen LogP contribution in [0.5, 0.6) is 11.5 Å². The zero-order valence-corrected chi connectivity index (χ0v) is 19.0. The molecule has 0 aromatic heterocycles. The lowest BCUT2D eigenvalue weighted by Crippen LogP contribution is -2.31. The van der Waals surface area contributed by atoms with E-state index in [0.29, 0.717) is 32.0 Å². The van der Waals surface area contributed by atoms with E-state index in [4.69, 9.17) is 17.0 Å². The summed E-state index contributed by atoms with van der Waals surface area (Å²) in [7, 11) is 0. The molecular formula is C25H19FN2O3S2. The number of rotatable bonds is 7. The number of halogens is 1. The van der Waals surface area contributed by atoms with Gasteiger partial charge in [0, 0.05) is 13.0 Å². The zero-order valence-electron chi connectivity index (χ0n) is 17.4. The van der Waals surface area contributed by atoms with Gasteiger partial charge in [-0.3, -0.25) is 14.5 Å². The average Bonchev–Trinajstić information content (AvgIpc) is 3.08. The standard InChI is InChI=1S/C25H19FN2O3S2/c26-18-12-10-17(11-13-18)16-22-24(30)28(25(32)33-22)15-14-23(29)27-20-8-4-5-9-21(20)31-19-6-2-1-3-7-19/h1-13,16H,14-15H2,(H,27,29)/b22-16+. The van der Waals surface area contributed by atoms with Crippen LogP contribution in [0.3, 0.4) is 0 Å². The van der Waals surface area contributed by atoms with Crippen LogP contribution >= 0.6 is 24.0 Å². The number of ether oxygens (including phenoxy) is 1. The largest absolute Gasteiger partial charge is 0.455 e. The van der Waals surface area contributed by atoms with Gasteiger partial charge in [-0.05, 0) is 48.0 Å². The van der Waals surface area contributed by atoms with Gasteiger partial charge in [-0.25, -0.2) is 4.39 Å². The normalized spacial score (nSPS) is 14.6. The molecule has 3 aromatic rings. The third kappa shape index (κ3) is 5.85. The van der Waals surface area contributed by atoms with Gasteiger partial charge in [0.1, 0.15) is 15.9 Å². The highest BCUT2D eigenvalue weighted by molar-refractivity contribution is 8.26. The van der Waals surface area contributed by atoms with Crippen LogP contribution in [0, 0.1) is 5.82 Å². The molecule has 1 aliphatic rings. The molecule has 0 unspecified atom stereocenters. The Hall–Kier alpha value is -3.49. The van der Waals surface area contributed by atoms with Crippen LogP contribution < -0.4 is 10.1 Å². The monoisotopic (exact) mass is 478 g/mol. The van der Waals surface area contributed by atoms with Crippen LogP contribution in [0.15, 0.2) is 83.8 Å². The second kappa shape index (κ2) is 10.4. The van der Waals surface area contributed by atoms with E-state index in [1.165, 1.54) is 17.0 Å². The van der Waals surface area contributed by atoms with E-state index in [0.717, 1.165) is 11.8 Å². The molecule has 0 spiro atoms. The number of hydrogen-bond acceptors (Lipinski definition) is 5. The van der Waals surface area contributed by atoms with E-state index in [2.05, 4.69) is 5.32 Å². The van der Waals surface area contributed by atoms with E-state index < -0.39 is 0 Å². The maximum atomic E-state index is 13.1. The maximum Gasteiger partial charge on any atom is 0.266 e. The summed E-state index contributed by atoms with van der Waals surface area (Å²) in [6, 6.07) is 22.3. The van der Waals surface area contributed by atoms with E-state index in [1.807, 2.05) is 36.4 Å². The first kappa shape index (κ1) is 22.7. The van der Waals surface area contributed by atoms with Crippen molar-refractivity contribution >= 4 is 51.9 Å². The molecular weight excluding hydrogens is 459 g/mol. The van der Waals surface area contributed by atoms with Crippen molar-refractivity contribution in [2.75, 3.05) is 11.9 Å². The van der Waals surface area contributed by atoms with Crippen LogP contribution in [0.1, 0.15) is 12.0 Å². The fourth-order valence-corrected chi connectivity index (χ4v) is 4.41. The minimum absolute atomic E-state index is 0.0654. The number of carbonyl (C=O) groups is 2. The number of carbonyl (C=O) groups excluding carboxylic acids is 2. The number of benzene rings is 3. The number of thiocarbonyl (C=S) groups is 1. The molecule has 3 aromatic carbocycles. The van der Waals surface area contributed by atoms with Crippen LogP contribution in [0.2, 0.25) is 0 Å². The summed E-state index contributed by atoms with van der Waals surface area (Å²) in [6.45, 7) is 0.152. The Morgan fingerprint density at radius 1 is 1.03 bits per heavy atom. The molecule has 0 radical (unpaired) electrons. The van der Waals surface area contributed by atoms with Crippen LogP contribution in [0.25, 0.3) is 6.08 Å². The molecule has 8 heteroatoms. The van der Waals surface area contributed by atoms with Gasteiger partial charge >= 0.3 is 0 Å². The molecule has 0 saturated carbocycles. The second-order valence-corrected chi connectivity index (χ2v) is 8.77. The molecule has 1 N–H and O–H groups in total. The molecule has 33 heavy (non-hydrogen) atoms. The number of thioether (sulfide) groups is 1. The molecule has 166 valence electrons. The Morgan fingerprint density at radius 2 is 1.73 bits per heavy atom. The molecule has 1 fully saturated rings. The molecule has 0 aliphatic carbocycles. The highest BCUT2D eigenvalue weighted by atomic mass is 32.2. The highest BCUT2D eigenvalue weighted by Gasteiger charge is 2.32. The Balaban J connectivity index is 1.37. The third-order valence-corrected chi connectivity index (χ3v) is 6.11. The summed E-state index contributed by atoms with van der Waals surface area (Å²) in [6.07, 6.45) is 1.73. The lowest BCUT2D eigenvalue weighted by atomic mass is 10.2. The van der Waals surface area contributed by atoms with E-state index in [-0.39, 0.29) is 30.6 Å². The average molecular weight is 479 g/mol. The van der Waals surface area contributed by atoms with Crippen molar-refractivity contribution in [3.05, 3.63) is 95.1 Å². The summed E-state index contributed by atoms with van der Waals surface area (Å²) < 4.78 is 19.3. The fourth-order valence-electron chi connectivity index (χ4n) is 3.10. The van der Waals surface area contributed by atoms with Gasteiger partial charge in [0.25, 0.3) is 5.91 Å². The Morgan fingerprint density at radius 3 is 2.48 bits per heavy atom. The van der Waals surface area contributed by atoms with Gasteiger partial charge in [0.15, 0.2) is 5.75 Å². The minimum atomic E-state index is -0.346. The van der Waals surface area contributed by atoms with Crippen LogP contribution in [-0.4, -0.2) is 27.6 Å². The fraction of sp³-hybridized carbons (Fsp3) is 0.0800. The summed E-state index contributed by atoms with van der Waals surface area (Å²) in [4.78, 5) is 27.2. The van der Waals surface area contributed by atoms with Gasteiger partial charge in [0.2, 0.25) is 5.91 Å². The highest BCUT2D eigenvalue weighted by Crippen LogP contribution is 2.33. The lowest BCUT2D eigenvalue weighted by Gasteiger charge is -2.15. The third-order valence-electron chi connectivity index (χ3n) is 4.74.